The highest BCUT2D eigenvalue weighted by Gasteiger charge is 2.02. The van der Waals surface area contributed by atoms with E-state index < -0.39 is 0 Å². The van der Waals surface area contributed by atoms with Crippen LogP contribution in [0.2, 0.25) is 0 Å². The molecule has 1 aromatic carbocycles. The fraction of sp³-hybridized carbons (Fsp3) is 0.300. The van der Waals surface area contributed by atoms with Gasteiger partial charge in [-0.2, -0.15) is 0 Å². The fourth-order valence-electron chi connectivity index (χ4n) is 2.30. The highest BCUT2D eigenvalue weighted by molar-refractivity contribution is 5.91. The van der Waals surface area contributed by atoms with Crippen LogP contribution in [0, 0.1) is 0 Å². The molecule has 0 spiro atoms. The number of rotatable bonds is 10. The third-order valence-corrected chi connectivity index (χ3v) is 3.72. The van der Waals surface area contributed by atoms with Gasteiger partial charge >= 0.3 is 0 Å². The van der Waals surface area contributed by atoms with E-state index in [1.807, 2.05) is 24.3 Å². The second kappa shape index (κ2) is 10.8. The molecule has 6 nitrogen and oxygen atoms in total. The average Bonchev–Trinajstić information content (AvgIpc) is 3.18. The van der Waals surface area contributed by atoms with Crippen LogP contribution >= 0.6 is 0 Å². The molecule has 0 aliphatic heterocycles. The normalized spacial score (nSPS) is 10.7. The molecule has 0 atom stereocenters. The van der Waals surface area contributed by atoms with Crippen molar-refractivity contribution in [1.82, 2.24) is 10.6 Å². The van der Waals surface area contributed by atoms with Gasteiger partial charge in [-0.1, -0.05) is 12.1 Å². The zero-order chi connectivity index (χ0) is 18.6. The highest BCUT2D eigenvalue weighted by Crippen LogP contribution is 2.12. The van der Waals surface area contributed by atoms with Gasteiger partial charge in [0, 0.05) is 25.6 Å². The lowest BCUT2D eigenvalue weighted by molar-refractivity contribution is -0.121. The van der Waals surface area contributed by atoms with Crippen LogP contribution < -0.4 is 15.4 Å². The van der Waals surface area contributed by atoms with Gasteiger partial charge in [0.25, 0.3) is 0 Å². The Morgan fingerprint density at radius 3 is 2.62 bits per heavy atom. The van der Waals surface area contributed by atoms with Crippen LogP contribution in [0.3, 0.4) is 0 Å². The standard InChI is InChI=1S/C20H24N2O4/c1-25-17-8-6-16(7-9-17)4-2-13-21-20(24)12-14-22-19(23)11-10-18-5-3-15-26-18/h3,5-11,15H,2,4,12-14H2,1H3,(H,21,24)(H,22,23)/b11-10+. The largest absolute Gasteiger partial charge is 0.497 e. The molecule has 2 N–H and O–H groups in total. The first-order valence-corrected chi connectivity index (χ1v) is 8.56. The number of methoxy groups -OCH3 is 1. The molecule has 2 rings (SSSR count). The molecule has 0 radical (unpaired) electrons. The van der Waals surface area contributed by atoms with E-state index in [2.05, 4.69) is 10.6 Å². The van der Waals surface area contributed by atoms with E-state index in [1.165, 1.54) is 17.9 Å². The quantitative estimate of drug-likeness (QED) is 0.506. The molecule has 2 amide bonds. The Hall–Kier alpha value is -3.02. The number of hydrogen-bond donors (Lipinski definition) is 2. The van der Waals surface area contributed by atoms with Crippen molar-refractivity contribution < 1.29 is 18.7 Å². The van der Waals surface area contributed by atoms with Crippen molar-refractivity contribution in [1.29, 1.82) is 0 Å². The molecule has 0 aliphatic carbocycles. The molecular weight excluding hydrogens is 332 g/mol. The van der Waals surface area contributed by atoms with Gasteiger partial charge in [0.15, 0.2) is 0 Å². The zero-order valence-electron chi connectivity index (χ0n) is 14.9. The van der Waals surface area contributed by atoms with Crippen LogP contribution in [0.5, 0.6) is 5.75 Å². The van der Waals surface area contributed by atoms with Crippen molar-refractivity contribution in [2.75, 3.05) is 20.2 Å². The third-order valence-electron chi connectivity index (χ3n) is 3.72. The number of amides is 2. The summed E-state index contributed by atoms with van der Waals surface area (Å²) >= 11 is 0. The monoisotopic (exact) mass is 356 g/mol. The van der Waals surface area contributed by atoms with E-state index in [1.54, 1.807) is 25.3 Å². The van der Waals surface area contributed by atoms with Crippen LogP contribution in [0.15, 0.2) is 53.2 Å². The van der Waals surface area contributed by atoms with Gasteiger partial charge < -0.3 is 19.8 Å². The molecule has 0 saturated heterocycles. The lowest BCUT2D eigenvalue weighted by Crippen LogP contribution is -2.30. The molecule has 138 valence electrons. The summed E-state index contributed by atoms with van der Waals surface area (Å²) < 4.78 is 10.2. The zero-order valence-corrected chi connectivity index (χ0v) is 14.9. The Bertz CT molecular complexity index is 706. The number of nitrogens with one attached hydrogen (secondary N) is 2. The van der Waals surface area contributed by atoms with Crippen LogP contribution in [0.25, 0.3) is 6.08 Å². The summed E-state index contributed by atoms with van der Waals surface area (Å²) in [6.45, 7) is 0.906. The molecular formula is C20H24N2O4. The summed E-state index contributed by atoms with van der Waals surface area (Å²) in [6.07, 6.45) is 6.49. The maximum absolute atomic E-state index is 11.8. The Morgan fingerprint density at radius 1 is 1.12 bits per heavy atom. The summed E-state index contributed by atoms with van der Waals surface area (Å²) in [6, 6.07) is 11.4. The molecule has 0 saturated carbocycles. The van der Waals surface area contributed by atoms with Crippen molar-refractivity contribution in [3.63, 3.8) is 0 Å². The molecule has 26 heavy (non-hydrogen) atoms. The lowest BCUT2D eigenvalue weighted by atomic mass is 10.1. The Kier molecular flexibility index (Phi) is 7.99. The van der Waals surface area contributed by atoms with E-state index >= 15 is 0 Å². The topological polar surface area (TPSA) is 80.6 Å². The van der Waals surface area contributed by atoms with Gasteiger partial charge in [-0.25, -0.2) is 0 Å². The van der Waals surface area contributed by atoms with Crippen molar-refractivity contribution in [3.8, 4) is 5.75 Å². The van der Waals surface area contributed by atoms with E-state index in [-0.39, 0.29) is 18.2 Å². The smallest absolute Gasteiger partial charge is 0.244 e. The van der Waals surface area contributed by atoms with Crippen molar-refractivity contribution in [2.24, 2.45) is 0 Å². The summed E-state index contributed by atoms with van der Waals surface area (Å²) in [5.41, 5.74) is 1.20. The van der Waals surface area contributed by atoms with Crippen molar-refractivity contribution >= 4 is 17.9 Å². The Balaban J connectivity index is 1.53. The number of benzene rings is 1. The summed E-state index contributed by atoms with van der Waals surface area (Å²) in [5, 5.41) is 5.52. The number of carbonyl (C=O) groups is 2. The summed E-state index contributed by atoms with van der Waals surface area (Å²) in [4.78, 5) is 23.4. The third kappa shape index (κ3) is 7.25. The minimum Gasteiger partial charge on any atom is -0.497 e. The predicted octanol–water partition coefficient (Wildman–Crippen LogP) is 2.56. The average molecular weight is 356 g/mol. The van der Waals surface area contributed by atoms with Crippen LogP contribution in [0.1, 0.15) is 24.2 Å². The fourth-order valence-corrected chi connectivity index (χ4v) is 2.30. The number of aryl methyl sites for hydroxylation is 1. The second-order valence-electron chi connectivity index (χ2n) is 5.69. The van der Waals surface area contributed by atoms with E-state index in [0.717, 1.165) is 18.6 Å². The van der Waals surface area contributed by atoms with Crippen LogP contribution in [0.4, 0.5) is 0 Å². The summed E-state index contributed by atoms with van der Waals surface area (Å²) in [7, 11) is 1.64. The van der Waals surface area contributed by atoms with Gasteiger partial charge in [-0.15, -0.1) is 0 Å². The number of hydrogen-bond acceptors (Lipinski definition) is 4. The second-order valence-corrected chi connectivity index (χ2v) is 5.69. The molecule has 1 heterocycles. The van der Waals surface area contributed by atoms with E-state index in [0.29, 0.717) is 18.8 Å². The first-order chi connectivity index (χ1) is 12.7. The highest BCUT2D eigenvalue weighted by atomic mass is 16.5. The molecule has 6 heteroatoms. The van der Waals surface area contributed by atoms with Gasteiger partial charge in [0.2, 0.25) is 11.8 Å². The van der Waals surface area contributed by atoms with Crippen LogP contribution in [-0.4, -0.2) is 32.0 Å². The predicted molar refractivity (Wildman–Crippen MR) is 99.7 cm³/mol. The number of ether oxygens (including phenoxy) is 1. The molecule has 0 unspecified atom stereocenters. The first kappa shape index (κ1) is 19.3. The maximum atomic E-state index is 11.8. The Morgan fingerprint density at radius 2 is 1.92 bits per heavy atom. The molecule has 2 aromatic rings. The van der Waals surface area contributed by atoms with Gasteiger partial charge in [0.05, 0.1) is 13.4 Å². The van der Waals surface area contributed by atoms with Crippen molar-refractivity contribution in [2.45, 2.75) is 19.3 Å². The first-order valence-electron chi connectivity index (χ1n) is 8.56. The van der Waals surface area contributed by atoms with E-state index in [4.69, 9.17) is 9.15 Å². The number of carbonyl (C=O) groups excluding carboxylic acids is 2. The van der Waals surface area contributed by atoms with Gasteiger partial charge in [-0.05, 0) is 48.7 Å². The Labute approximate surface area is 153 Å². The molecule has 0 aliphatic rings. The van der Waals surface area contributed by atoms with E-state index in [9.17, 15) is 9.59 Å². The molecule has 0 bridgehead atoms. The van der Waals surface area contributed by atoms with Crippen LogP contribution in [-0.2, 0) is 16.0 Å². The maximum Gasteiger partial charge on any atom is 0.244 e. The van der Waals surface area contributed by atoms with Gasteiger partial charge in [0.1, 0.15) is 11.5 Å². The minimum absolute atomic E-state index is 0.0740. The lowest BCUT2D eigenvalue weighted by Gasteiger charge is -2.06. The molecule has 1 aromatic heterocycles. The number of furan rings is 1. The van der Waals surface area contributed by atoms with Gasteiger partial charge in [-0.3, -0.25) is 9.59 Å². The molecule has 0 fully saturated rings. The van der Waals surface area contributed by atoms with Crippen molar-refractivity contribution in [3.05, 3.63) is 60.1 Å². The SMILES string of the molecule is COc1ccc(CCCNC(=O)CCNC(=O)/C=C/c2ccco2)cc1. The summed E-state index contributed by atoms with van der Waals surface area (Å²) in [5.74, 6) is 1.11. The minimum atomic E-state index is -0.256.